The van der Waals surface area contributed by atoms with Crippen LogP contribution in [0.15, 0.2) is 84.9 Å². The van der Waals surface area contributed by atoms with Crippen LogP contribution in [-0.2, 0) is 19.1 Å². The molecule has 5 aromatic rings. The molecule has 0 radical (unpaired) electrons. The van der Waals surface area contributed by atoms with Gasteiger partial charge >= 0.3 is 11.9 Å². The molecule has 0 fully saturated rings. The number of H-pyrrole nitrogens is 2. The maximum Gasteiger partial charge on any atom is 0.302 e. The summed E-state index contributed by atoms with van der Waals surface area (Å²) >= 11 is 0. The third-order valence-electron chi connectivity index (χ3n) is 8.91. The van der Waals surface area contributed by atoms with Crippen LogP contribution in [0.1, 0.15) is 62.3 Å². The van der Waals surface area contributed by atoms with Gasteiger partial charge in [0.1, 0.15) is 11.5 Å². The third-order valence-corrected chi connectivity index (χ3v) is 8.91. The van der Waals surface area contributed by atoms with Gasteiger partial charge in [-0.2, -0.15) is 0 Å². The Kier molecular flexibility index (Phi) is 11.3. The van der Waals surface area contributed by atoms with Crippen molar-refractivity contribution >= 4 is 58.3 Å². The number of unbranched alkanes of at least 4 members (excludes halogenated alkanes) is 2. The molecule has 0 saturated heterocycles. The van der Waals surface area contributed by atoms with E-state index in [1.54, 1.807) is 0 Å². The summed E-state index contributed by atoms with van der Waals surface area (Å²) in [5.74, 6) is 1.02. The van der Waals surface area contributed by atoms with Crippen LogP contribution in [0.4, 0.5) is 0 Å². The third kappa shape index (κ3) is 9.14. The zero-order valence-corrected chi connectivity index (χ0v) is 30.4. The second-order valence-corrected chi connectivity index (χ2v) is 13.0. The smallest absolute Gasteiger partial charge is 0.302 e. The number of aromatic amines is 2. The first-order chi connectivity index (χ1) is 26.4. The van der Waals surface area contributed by atoms with E-state index in [-0.39, 0.29) is 11.9 Å². The number of benzene rings is 2. The van der Waals surface area contributed by atoms with Crippen LogP contribution in [0.5, 0.6) is 11.5 Å². The zero-order valence-electron chi connectivity index (χ0n) is 30.4. The first-order valence-electron chi connectivity index (χ1n) is 18.2. The molecule has 54 heavy (non-hydrogen) atoms. The first kappa shape index (κ1) is 36.0. The Morgan fingerprint density at radius 3 is 1.33 bits per heavy atom. The van der Waals surface area contributed by atoms with E-state index >= 15 is 0 Å². The van der Waals surface area contributed by atoms with Crippen molar-refractivity contribution in [1.29, 1.82) is 0 Å². The van der Waals surface area contributed by atoms with E-state index in [4.69, 9.17) is 28.9 Å². The minimum absolute atomic E-state index is 0.263. The van der Waals surface area contributed by atoms with E-state index in [1.165, 1.54) is 13.8 Å². The molecule has 5 heterocycles. The van der Waals surface area contributed by atoms with Gasteiger partial charge in [-0.25, -0.2) is 9.97 Å². The first-order valence-corrected chi connectivity index (χ1v) is 18.2. The average Bonchev–Trinajstić information content (AvgIpc) is 4.00. The van der Waals surface area contributed by atoms with Crippen molar-refractivity contribution in [3.63, 3.8) is 0 Å². The van der Waals surface area contributed by atoms with E-state index < -0.39 is 0 Å². The van der Waals surface area contributed by atoms with Gasteiger partial charge in [-0.1, -0.05) is 24.3 Å². The molecule has 10 nitrogen and oxygen atoms in total. The van der Waals surface area contributed by atoms with E-state index in [0.29, 0.717) is 26.4 Å². The lowest BCUT2D eigenvalue weighted by Crippen LogP contribution is -2.03. The number of carbonyl (C=O) groups is 2. The summed E-state index contributed by atoms with van der Waals surface area (Å²) in [6.07, 6.45) is 11.2. The minimum atomic E-state index is -0.263. The second-order valence-electron chi connectivity index (χ2n) is 13.0. The van der Waals surface area contributed by atoms with Gasteiger partial charge in [-0.15, -0.1) is 0 Å². The van der Waals surface area contributed by atoms with Crippen LogP contribution < -0.4 is 9.47 Å². The van der Waals surface area contributed by atoms with Gasteiger partial charge in [-0.05, 0) is 122 Å². The second kappa shape index (κ2) is 16.9. The molecule has 274 valence electrons. The fourth-order valence-corrected chi connectivity index (χ4v) is 6.34. The summed E-state index contributed by atoms with van der Waals surface area (Å²) in [6, 6.07) is 28.5. The van der Waals surface area contributed by atoms with Gasteiger partial charge in [0.25, 0.3) is 0 Å². The van der Waals surface area contributed by atoms with E-state index in [0.717, 1.165) is 104 Å². The van der Waals surface area contributed by atoms with Crippen molar-refractivity contribution in [2.45, 2.75) is 39.5 Å². The van der Waals surface area contributed by atoms with Crippen LogP contribution in [0.3, 0.4) is 0 Å². The number of nitrogens with zero attached hydrogens (tertiary/aromatic N) is 2. The van der Waals surface area contributed by atoms with Gasteiger partial charge in [0.05, 0.1) is 49.2 Å². The van der Waals surface area contributed by atoms with E-state index in [2.05, 4.69) is 58.5 Å². The number of rotatable bonds is 14. The molecular weight excluding hydrogens is 681 g/mol. The number of nitrogens with one attached hydrogen (secondary N) is 2. The molecule has 0 unspecified atom stereocenters. The van der Waals surface area contributed by atoms with Gasteiger partial charge in [0, 0.05) is 47.0 Å². The van der Waals surface area contributed by atoms with Crippen LogP contribution in [0, 0.1) is 0 Å². The number of ether oxygens (including phenoxy) is 4. The van der Waals surface area contributed by atoms with E-state index in [1.807, 2.05) is 60.7 Å². The summed E-state index contributed by atoms with van der Waals surface area (Å²) in [7, 11) is 0. The molecule has 0 amide bonds. The number of fused-ring (bicyclic) bond motifs is 8. The quantitative estimate of drug-likeness (QED) is 0.0840. The molecule has 8 bridgehead atoms. The van der Waals surface area contributed by atoms with Crippen molar-refractivity contribution in [1.82, 2.24) is 19.9 Å². The Hall–Kier alpha value is -6.42. The van der Waals surface area contributed by atoms with Crippen molar-refractivity contribution in [3.8, 4) is 33.8 Å². The molecule has 2 aromatic carbocycles. The molecule has 10 heteroatoms. The molecular formula is C44H42N4O6. The molecule has 2 N–H and O–H groups in total. The van der Waals surface area contributed by atoms with Crippen molar-refractivity contribution < 1.29 is 28.5 Å². The number of carbonyl (C=O) groups excluding carboxylic acids is 2. The lowest BCUT2D eigenvalue weighted by atomic mass is 10.0. The van der Waals surface area contributed by atoms with Crippen molar-refractivity contribution in [2.24, 2.45) is 0 Å². The summed E-state index contributed by atoms with van der Waals surface area (Å²) in [4.78, 5) is 39.3. The van der Waals surface area contributed by atoms with Gasteiger partial charge in [0.15, 0.2) is 0 Å². The Morgan fingerprint density at radius 2 is 0.926 bits per heavy atom. The topological polar surface area (TPSA) is 128 Å². The predicted octanol–water partition coefficient (Wildman–Crippen LogP) is 9.43. The molecule has 0 aliphatic carbocycles. The molecule has 0 saturated carbocycles. The maximum absolute atomic E-state index is 11.0. The summed E-state index contributed by atoms with van der Waals surface area (Å²) in [6.45, 7) is 4.72. The highest BCUT2D eigenvalue weighted by molar-refractivity contribution is 5.93. The monoisotopic (exact) mass is 722 g/mol. The SMILES string of the molecule is CC(=O)OCCCCOc1ccc(-c2c3nc(cc4ccc([nH]4)c(-c4ccc(OCCCCOC(C)=O)cc4)c4nc(cc5ccc2[nH]5)C=C4)C=C3)cc1. The molecule has 2 aliphatic heterocycles. The Bertz CT molecular complexity index is 2190. The Labute approximate surface area is 313 Å². The number of hydrogen-bond acceptors (Lipinski definition) is 8. The molecule has 3 aromatic heterocycles. The number of esters is 2. The van der Waals surface area contributed by atoms with Crippen LogP contribution in [-0.4, -0.2) is 58.3 Å². The molecule has 2 aliphatic rings. The summed E-state index contributed by atoms with van der Waals surface area (Å²) in [5.41, 5.74) is 11.0. The lowest BCUT2D eigenvalue weighted by molar-refractivity contribution is -0.142. The van der Waals surface area contributed by atoms with Crippen molar-refractivity contribution in [3.05, 3.63) is 108 Å². The Balaban J connectivity index is 1.19. The number of hydrogen-bond donors (Lipinski definition) is 2. The fourth-order valence-electron chi connectivity index (χ4n) is 6.34. The van der Waals surface area contributed by atoms with Crippen LogP contribution in [0.2, 0.25) is 0 Å². The molecule has 0 atom stereocenters. The predicted molar refractivity (Wildman–Crippen MR) is 212 cm³/mol. The standard InChI is InChI=1S/C44H42N4O6/c1-29(49)51-23-3-5-25-53-37-15-7-31(8-16-37)43-39-19-11-33(45-39)27-35-13-21-41(47-35)44(42-22-14-36(48-42)28-34-12-20-40(43)46-34)32-9-17-38(18-10-32)54-26-6-4-24-52-30(2)50/h7-22,27-28,45,48H,3-6,23-26H2,1-2H3. The van der Waals surface area contributed by atoms with Gasteiger partial charge < -0.3 is 28.9 Å². The minimum Gasteiger partial charge on any atom is -0.494 e. The van der Waals surface area contributed by atoms with Crippen molar-refractivity contribution in [2.75, 3.05) is 26.4 Å². The normalized spacial score (nSPS) is 11.7. The fraction of sp³-hybridized carbons (Fsp3) is 0.227. The lowest BCUT2D eigenvalue weighted by Gasteiger charge is -2.08. The highest BCUT2D eigenvalue weighted by Crippen LogP contribution is 2.33. The number of aromatic nitrogens is 4. The summed E-state index contributed by atoms with van der Waals surface area (Å²) in [5, 5.41) is 0. The Morgan fingerprint density at radius 1 is 0.519 bits per heavy atom. The highest BCUT2D eigenvalue weighted by Gasteiger charge is 2.14. The molecule has 0 spiro atoms. The van der Waals surface area contributed by atoms with Gasteiger partial charge in [0.2, 0.25) is 0 Å². The maximum atomic E-state index is 11.0. The van der Waals surface area contributed by atoms with Gasteiger partial charge in [-0.3, -0.25) is 9.59 Å². The molecule has 7 rings (SSSR count). The van der Waals surface area contributed by atoms with Crippen LogP contribution >= 0.6 is 0 Å². The van der Waals surface area contributed by atoms with E-state index in [9.17, 15) is 9.59 Å². The summed E-state index contributed by atoms with van der Waals surface area (Å²) < 4.78 is 21.9. The zero-order chi connectivity index (χ0) is 37.3. The average molecular weight is 723 g/mol. The largest absolute Gasteiger partial charge is 0.494 e. The highest BCUT2D eigenvalue weighted by atomic mass is 16.5. The van der Waals surface area contributed by atoms with Crippen LogP contribution in [0.25, 0.3) is 68.6 Å².